The number of carbonyl (C=O) groups is 3. The van der Waals surface area contributed by atoms with E-state index in [-0.39, 0.29) is 49.4 Å². The number of allylic oxidation sites excluding steroid dienone is 2. The predicted octanol–water partition coefficient (Wildman–Crippen LogP) is 4.39. The van der Waals surface area contributed by atoms with Gasteiger partial charge in [-0.1, -0.05) is 66.7 Å². The van der Waals surface area contributed by atoms with Crippen LogP contribution in [0.25, 0.3) is 0 Å². The zero-order chi connectivity index (χ0) is 29.1. The van der Waals surface area contributed by atoms with Crippen molar-refractivity contribution >= 4 is 17.8 Å². The van der Waals surface area contributed by atoms with Crippen molar-refractivity contribution in [3.05, 3.63) is 96.6 Å². The van der Waals surface area contributed by atoms with Crippen molar-refractivity contribution in [3.63, 3.8) is 0 Å². The van der Waals surface area contributed by atoms with E-state index >= 15 is 0 Å². The fourth-order valence-corrected chi connectivity index (χ4v) is 5.06. The van der Waals surface area contributed by atoms with Crippen LogP contribution in [0.5, 0.6) is 0 Å². The first-order valence-electron chi connectivity index (χ1n) is 13.9. The smallest absolute Gasteiger partial charge is 0.309 e. The first kappa shape index (κ1) is 30.8. The van der Waals surface area contributed by atoms with E-state index in [1.807, 2.05) is 54.6 Å². The molecule has 0 radical (unpaired) electrons. The van der Waals surface area contributed by atoms with E-state index in [9.17, 15) is 19.5 Å². The number of fused-ring (bicyclic) bond motifs is 1. The molecule has 7 heteroatoms. The lowest BCUT2D eigenvalue weighted by Gasteiger charge is -2.37. The highest BCUT2D eigenvalue weighted by atomic mass is 16.5. The third-order valence-corrected chi connectivity index (χ3v) is 7.28. The van der Waals surface area contributed by atoms with Crippen molar-refractivity contribution in [2.24, 2.45) is 11.8 Å². The molecule has 40 heavy (non-hydrogen) atoms. The Morgan fingerprint density at radius 1 is 1.02 bits per heavy atom. The van der Waals surface area contributed by atoms with Crippen LogP contribution >= 0.6 is 0 Å². The van der Waals surface area contributed by atoms with Crippen LogP contribution in [0.15, 0.2) is 79.9 Å². The molecular weight excluding hydrogens is 504 g/mol. The van der Waals surface area contributed by atoms with Gasteiger partial charge < -0.3 is 20.1 Å². The van der Waals surface area contributed by atoms with Crippen LogP contribution in [-0.4, -0.2) is 52.6 Å². The Kier molecular flexibility index (Phi) is 11.3. The van der Waals surface area contributed by atoms with Crippen LogP contribution < -0.4 is 5.32 Å². The van der Waals surface area contributed by atoms with Crippen LogP contribution in [0.1, 0.15) is 49.8 Å². The van der Waals surface area contributed by atoms with Crippen molar-refractivity contribution in [2.45, 2.75) is 64.1 Å². The van der Waals surface area contributed by atoms with Gasteiger partial charge in [0.05, 0.1) is 30.0 Å². The Hall–Kier alpha value is -3.71. The summed E-state index contributed by atoms with van der Waals surface area (Å²) in [7, 11) is 0. The summed E-state index contributed by atoms with van der Waals surface area (Å²) in [5.41, 5.74) is 2.37. The molecule has 1 aliphatic heterocycles. The van der Waals surface area contributed by atoms with Gasteiger partial charge in [-0.15, -0.1) is 13.2 Å². The minimum Gasteiger partial charge on any atom is -0.463 e. The molecule has 0 aliphatic carbocycles. The molecule has 2 amide bonds. The van der Waals surface area contributed by atoms with E-state index in [0.29, 0.717) is 32.2 Å². The molecule has 1 aliphatic rings. The Balaban J connectivity index is 1.59. The highest BCUT2D eigenvalue weighted by molar-refractivity contribution is 5.86. The first-order valence-corrected chi connectivity index (χ1v) is 13.9. The number of rotatable bonds is 14. The van der Waals surface area contributed by atoms with Gasteiger partial charge in [0.25, 0.3) is 0 Å². The van der Waals surface area contributed by atoms with E-state index in [2.05, 4.69) is 18.5 Å². The number of benzene rings is 2. The fraction of sp³-hybridized carbons (Fsp3) is 0.424. The minimum atomic E-state index is -0.849. The molecule has 1 heterocycles. The summed E-state index contributed by atoms with van der Waals surface area (Å²) in [6.07, 6.45) is 5.25. The van der Waals surface area contributed by atoms with Gasteiger partial charge in [0.1, 0.15) is 6.61 Å². The van der Waals surface area contributed by atoms with Gasteiger partial charge in [0.15, 0.2) is 0 Å². The van der Waals surface area contributed by atoms with Crippen molar-refractivity contribution in [3.8, 4) is 0 Å². The summed E-state index contributed by atoms with van der Waals surface area (Å²) >= 11 is 0. The summed E-state index contributed by atoms with van der Waals surface area (Å²) in [5, 5.41) is 12.9. The Morgan fingerprint density at radius 3 is 2.30 bits per heavy atom. The van der Waals surface area contributed by atoms with Crippen molar-refractivity contribution in [1.82, 2.24) is 10.2 Å². The van der Waals surface area contributed by atoms with Crippen molar-refractivity contribution in [1.29, 1.82) is 0 Å². The molecular formula is C33H42N2O5. The van der Waals surface area contributed by atoms with Crippen LogP contribution in [0.4, 0.5) is 0 Å². The zero-order valence-electron chi connectivity index (χ0n) is 23.7. The second-order valence-electron chi connectivity index (χ2n) is 11.1. The molecule has 3 rings (SSSR count). The summed E-state index contributed by atoms with van der Waals surface area (Å²) in [6, 6.07) is 17.3. The number of amides is 2. The highest BCUT2D eigenvalue weighted by Crippen LogP contribution is 2.25. The lowest BCUT2D eigenvalue weighted by molar-refractivity contribution is -0.151. The quantitative estimate of drug-likeness (QED) is 0.271. The predicted molar refractivity (Wildman–Crippen MR) is 156 cm³/mol. The second kappa shape index (κ2) is 14.6. The molecule has 0 spiro atoms. The number of hydrogen-bond acceptors (Lipinski definition) is 5. The standard InChI is InChI=1S/C33H42N2O5/c1-5-12-26(20-30(37)35-21-28-17-11-10-16-25(28)19-29(35)22-36)31(38)34-33(3,4)23-40-32(39)27(13-6-2)18-24-14-8-7-9-15-24/h5-11,14-17,26-27,29,36H,1-2,12-13,18-23H2,3-4H3,(H,34,38)/t26-,27+,29-/m0/s1. The highest BCUT2D eigenvalue weighted by Gasteiger charge is 2.33. The van der Waals surface area contributed by atoms with Crippen molar-refractivity contribution in [2.75, 3.05) is 13.2 Å². The third kappa shape index (κ3) is 8.65. The van der Waals surface area contributed by atoms with Gasteiger partial charge in [-0.25, -0.2) is 0 Å². The molecule has 214 valence electrons. The second-order valence-corrected chi connectivity index (χ2v) is 11.1. The number of carbonyl (C=O) groups excluding carboxylic acids is 3. The summed E-state index contributed by atoms with van der Waals surface area (Å²) in [6.45, 7) is 11.4. The molecule has 2 aromatic rings. The van der Waals surface area contributed by atoms with Gasteiger partial charge in [-0.2, -0.15) is 0 Å². The van der Waals surface area contributed by atoms with E-state index in [0.717, 1.165) is 16.7 Å². The van der Waals surface area contributed by atoms with Gasteiger partial charge in [-0.05, 0) is 56.2 Å². The zero-order valence-corrected chi connectivity index (χ0v) is 23.7. The molecule has 0 fully saturated rings. The van der Waals surface area contributed by atoms with Gasteiger partial charge in [-0.3, -0.25) is 14.4 Å². The monoisotopic (exact) mass is 546 g/mol. The number of hydrogen-bond donors (Lipinski definition) is 2. The third-order valence-electron chi connectivity index (χ3n) is 7.28. The first-order chi connectivity index (χ1) is 19.2. The fourth-order valence-electron chi connectivity index (χ4n) is 5.06. The average molecular weight is 547 g/mol. The molecule has 0 saturated heterocycles. The molecule has 2 N–H and O–H groups in total. The van der Waals surface area contributed by atoms with Crippen molar-refractivity contribution < 1.29 is 24.2 Å². The molecule has 3 atom stereocenters. The normalized spacial score (nSPS) is 16.3. The average Bonchev–Trinajstić information content (AvgIpc) is 2.95. The summed E-state index contributed by atoms with van der Waals surface area (Å²) < 4.78 is 5.65. The number of aliphatic hydroxyl groups excluding tert-OH is 1. The van der Waals surface area contributed by atoms with E-state index in [1.54, 1.807) is 30.9 Å². The van der Waals surface area contributed by atoms with Crippen LogP contribution in [0.3, 0.4) is 0 Å². The molecule has 0 aromatic heterocycles. The van der Waals surface area contributed by atoms with Crippen LogP contribution in [0.2, 0.25) is 0 Å². The number of aliphatic hydroxyl groups is 1. The van der Waals surface area contributed by atoms with E-state index < -0.39 is 11.5 Å². The lowest BCUT2D eigenvalue weighted by atomic mass is 9.92. The molecule has 7 nitrogen and oxygen atoms in total. The minimum absolute atomic E-state index is 0.00906. The lowest BCUT2D eigenvalue weighted by Crippen LogP contribution is -2.51. The topological polar surface area (TPSA) is 95.9 Å². The van der Waals surface area contributed by atoms with E-state index in [4.69, 9.17) is 4.74 Å². The van der Waals surface area contributed by atoms with E-state index in [1.165, 1.54) is 0 Å². The van der Waals surface area contributed by atoms with Gasteiger partial charge in [0.2, 0.25) is 11.8 Å². The summed E-state index contributed by atoms with van der Waals surface area (Å²) in [5.74, 6) is -1.84. The molecule has 0 unspecified atom stereocenters. The maximum Gasteiger partial charge on any atom is 0.309 e. The summed E-state index contributed by atoms with van der Waals surface area (Å²) in [4.78, 5) is 41.2. The SMILES string of the molecule is C=CC[C@@H](CC(=O)N1Cc2ccccc2C[C@H]1CO)C(=O)NC(C)(C)COC(=O)[C@H](CC=C)Cc1ccccc1. The Morgan fingerprint density at radius 2 is 1.65 bits per heavy atom. The number of esters is 1. The molecule has 0 bridgehead atoms. The molecule has 2 aromatic carbocycles. The number of nitrogens with zero attached hydrogens (tertiary/aromatic N) is 1. The maximum absolute atomic E-state index is 13.4. The van der Waals surface area contributed by atoms with Gasteiger partial charge in [0, 0.05) is 13.0 Å². The Bertz CT molecular complexity index is 1180. The number of ether oxygens (including phenoxy) is 1. The number of nitrogens with one attached hydrogen (secondary N) is 1. The maximum atomic E-state index is 13.4. The van der Waals surface area contributed by atoms with Crippen LogP contribution in [-0.2, 0) is 38.5 Å². The largest absolute Gasteiger partial charge is 0.463 e. The Labute approximate surface area is 237 Å². The van der Waals surface area contributed by atoms with Gasteiger partial charge >= 0.3 is 5.97 Å². The van der Waals surface area contributed by atoms with Crippen LogP contribution in [0, 0.1) is 11.8 Å². The molecule has 0 saturated carbocycles.